The standard InChI is InChI=1S/C16H14F2N4O3S/c1-16(6-7-16)22-26(23,24)9-2-5-13-10(8-9)14(21-25-13)11-3-4-12(15(17)18)20-19-11/h2-5,8,15,22H,6-7H2,1H3. The van der Waals surface area contributed by atoms with E-state index in [1.165, 1.54) is 24.3 Å². The van der Waals surface area contributed by atoms with Crippen LogP contribution in [0.5, 0.6) is 0 Å². The van der Waals surface area contributed by atoms with E-state index in [2.05, 4.69) is 20.1 Å². The SMILES string of the molecule is CC1(NS(=O)(=O)c2ccc3onc(-c4ccc(C(F)F)nn4)c3c2)CC1. The van der Waals surface area contributed by atoms with Gasteiger partial charge in [0.25, 0.3) is 6.43 Å². The molecular weight excluding hydrogens is 366 g/mol. The number of hydrogen-bond acceptors (Lipinski definition) is 6. The predicted molar refractivity (Wildman–Crippen MR) is 88.0 cm³/mol. The maximum absolute atomic E-state index is 12.6. The average molecular weight is 380 g/mol. The third-order valence-corrected chi connectivity index (χ3v) is 5.92. The fraction of sp³-hybridized carbons (Fsp3) is 0.312. The number of fused-ring (bicyclic) bond motifs is 1. The highest BCUT2D eigenvalue weighted by atomic mass is 32.2. The molecule has 0 radical (unpaired) electrons. The number of benzene rings is 1. The topological polar surface area (TPSA) is 98.0 Å². The molecule has 26 heavy (non-hydrogen) atoms. The van der Waals surface area contributed by atoms with E-state index in [4.69, 9.17) is 4.52 Å². The summed E-state index contributed by atoms with van der Waals surface area (Å²) in [5.41, 5.74) is -0.0437. The van der Waals surface area contributed by atoms with Crippen LogP contribution < -0.4 is 4.72 Å². The molecule has 0 bridgehead atoms. The van der Waals surface area contributed by atoms with Gasteiger partial charge in [-0.3, -0.25) is 0 Å². The van der Waals surface area contributed by atoms with Crippen molar-refractivity contribution in [3.63, 3.8) is 0 Å². The molecule has 0 saturated heterocycles. The second kappa shape index (κ2) is 5.78. The van der Waals surface area contributed by atoms with Crippen molar-refractivity contribution in [1.82, 2.24) is 20.1 Å². The van der Waals surface area contributed by atoms with Gasteiger partial charge < -0.3 is 4.52 Å². The molecule has 7 nitrogen and oxygen atoms in total. The van der Waals surface area contributed by atoms with E-state index < -0.39 is 27.7 Å². The first kappa shape index (κ1) is 17.0. The third-order valence-electron chi connectivity index (χ3n) is 4.28. The number of halogens is 2. The first-order valence-electron chi connectivity index (χ1n) is 7.83. The van der Waals surface area contributed by atoms with Crippen LogP contribution in [0.2, 0.25) is 0 Å². The van der Waals surface area contributed by atoms with Crippen LogP contribution in [0.15, 0.2) is 39.8 Å². The molecule has 1 aliphatic rings. The summed E-state index contributed by atoms with van der Waals surface area (Å²) in [6, 6.07) is 6.84. The number of hydrogen-bond donors (Lipinski definition) is 1. The van der Waals surface area contributed by atoms with E-state index in [1.807, 2.05) is 6.92 Å². The Morgan fingerprint density at radius 2 is 1.96 bits per heavy atom. The minimum absolute atomic E-state index is 0.0692. The summed E-state index contributed by atoms with van der Waals surface area (Å²) in [6.45, 7) is 1.84. The van der Waals surface area contributed by atoms with E-state index in [1.54, 1.807) is 0 Å². The maximum Gasteiger partial charge on any atom is 0.282 e. The van der Waals surface area contributed by atoms with Crippen LogP contribution in [-0.4, -0.2) is 29.3 Å². The molecule has 0 amide bonds. The number of rotatable bonds is 5. The van der Waals surface area contributed by atoms with Crippen LogP contribution >= 0.6 is 0 Å². The van der Waals surface area contributed by atoms with Crippen molar-refractivity contribution in [2.45, 2.75) is 36.6 Å². The van der Waals surface area contributed by atoms with Gasteiger partial charge in [0.05, 0.1) is 10.3 Å². The van der Waals surface area contributed by atoms with Crippen molar-refractivity contribution in [1.29, 1.82) is 0 Å². The van der Waals surface area contributed by atoms with Crippen LogP contribution in [0.1, 0.15) is 31.9 Å². The number of nitrogens with zero attached hydrogens (tertiary/aromatic N) is 3. The van der Waals surface area contributed by atoms with Crippen molar-refractivity contribution < 1.29 is 21.7 Å². The van der Waals surface area contributed by atoms with Crippen LogP contribution in [0.4, 0.5) is 8.78 Å². The number of sulfonamides is 1. The Morgan fingerprint density at radius 1 is 1.19 bits per heavy atom. The molecule has 1 saturated carbocycles. The van der Waals surface area contributed by atoms with Gasteiger partial charge in [0, 0.05) is 5.54 Å². The van der Waals surface area contributed by atoms with Gasteiger partial charge in [-0.05, 0) is 50.1 Å². The Bertz CT molecular complexity index is 1080. The molecule has 0 unspecified atom stereocenters. The Balaban J connectivity index is 1.75. The number of aromatic nitrogens is 3. The van der Waals surface area contributed by atoms with Gasteiger partial charge in [0.15, 0.2) is 5.58 Å². The molecule has 0 aliphatic heterocycles. The van der Waals surface area contributed by atoms with Gasteiger partial charge in [-0.15, -0.1) is 10.2 Å². The van der Waals surface area contributed by atoms with Crippen molar-refractivity contribution in [3.05, 3.63) is 36.0 Å². The Kier molecular flexibility index (Phi) is 3.77. The minimum atomic E-state index is -3.70. The highest BCUT2D eigenvalue weighted by Gasteiger charge is 2.41. The van der Waals surface area contributed by atoms with E-state index in [9.17, 15) is 17.2 Å². The smallest absolute Gasteiger partial charge is 0.282 e. The fourth-order valence-electron chi connectivity index (χ4n) is 2.53. The van der Waals surface area contributed by atoms with Gasteiger partial charge in [-0.1, -0.05) is 5.16 Å². The molecule has 1 aromatic carbocycles. The molecule has 10 heteroatoms. The third kappa shape index (κ3) is 3.06. The lowest BCUT2D eigenvalue weighted by atomic mass is 10.1. The van der Waals surface area contributed by atoms with Gasteiger partial charge in [-0.25, -0.2) is 21.9 Å². The van der Waals surface area contributed by atoms with Gasteiger partial charge in [0.1, 0.15) is 17.1 Å². The summed E-state index contributed by atoms with van der Waals surface area (Å²) in [5.74, 6) is 0. The predicted octanol–water partition coefficient (Wildman–Crippen LogP) is 3.05. The monoisotopic (exact) mass is 380 g/mol. The molecule has 4 rings (SSSR count). The minimum Gasteiger partial charge on any atom is -0.356 e. The lowest BCUT2D eigenvalue weighted by Gasteiger charge is -2.12. The summed E-state index contributed by atoms with van der Waals surface area (Å²) in [7, 11) is -3.70. The van der Waals surface area contributed by atoms with Crippen LogP contribution in [0.3, 0.4) is 0 Å². The van der Waals surface area contributed by atoms with Crippen molar-refractivity contribution in [2.75, 3.05) is 0 Å². The molecule has 136 valence electrons. The zero-order valence-corrected chi connectivity index (χ0v) is 14.4. The summed E-state index contributed by atoms with van der Waals surface area (Å²) in [4.78, 5) is 0.0692. The molecule has 0 spiro atoms. The van der Waals surface area contributed by atoms with Crippen molar-refractivity contribution in [2.24, 2.45) is 0 Å². The molecule has 1 aliphatic carbocycles. The summed E-state index contributed by atoms with van der Waals surface area (Å²) >= 11 is 0. The molecule has 1 fully saturated rings. The highest BCUT2D eigenvalue weighted by Crippen LogP contribution is 2.36. The normalized spacial score (nSPS) is 16.3. The number of nitrogens with one attached hydrogen (secondary N) is 1. The lowest BCUT2D eigenvalue weighted by Crippen LogP contribution is -2.34. The van der Waals surface area contributed by atoms with Gasteiger partial charge >= 0.3 is 0 Å². The van der Waals surface area contributed by atoms with Crippen LogP contribution in [-0.2, 0) is 10.0 Å². The maximum atomic E-state index is 12.6. The van der Waals surface area contributed by atoms with Crippen molar-refractivity contribution >= 4 is 21.0 Å². The Hall–Kier alpha value is -2.46. The van der Waals surface area contributed by atoms with E-state index in [0.29, 0.717) is 11.0 Å². The zero-order chi connectivity index (χ0) is 18.5. The average Bonchev–Trinajstić information content (AvgIpc) is 3.17. The first-order chi connectivity index (χ1) is 12.3. The largest absolute Gasteiger partial charge is 0.356 e. The molecule has 0 atom stereocenters. The Morgan fingerprint density at radius 3 is 2.58 bits per heavy atom. The molecular formula is C16H14F2N4O3S. The second-order valence-corrected chi connectivity index (χ2v) is 8.18. The lowest BCUT2D eigenvalue weighted by molar-refractivity contribution is 0.145. The number of alkyl halides is 2. The zero-order valence-electron chi connectivity index (χ0n) is 13.6. The van der Waals surface area contributed by atoms with Crippen LogP contribution in [0.25, 0.3) is 22.4 Å². The van der Waals surface area contributed by atoms with Gasteiger partial charge in [-0.2, -0.15) is 0 Å². The van der Waals surface area contributed by atoms with Gasteiger partial charge in [0.2, 0.25) is 10.0 Å². The van der Waals surface area contributed by atoms with Crippen LogP contribution in [0, 0.1) is 0 Å². The molecule has 1 N–H and O–H groups in total. The molecule has 2 aromatic heterocycles. The van der Waals surface area contributed by atoms with E-state index in [0.717, 1.165) is 18.9 Å². The fourth-order valence-corrected chi connectivity index (χ4v) is 4.02. The van der Waals surface area contributed by atoms with E-state index in [-0.39, 0.29) is 16.3 Å². The summed E-state index contributed by atoms with van der Waals surface area (Å²) in [6.07, 6.45) is -1.14. The molecule has 3 aromatic rings. The second-order valence-electron chi connectivity index (χ2n) is 6.50. The van der Waals surface area contributed by atoms with E-state index >= 15 is 0 Å². The summed E-state index contributed by atoms with van der Waals surface area (Å²) < 4.78 is 58.2. The quantitative estimate of drug-likeness (QED) is 0.731. The highest BCUT2D eigenvalue weighted by molar-refractivity contribution is 7.89. The van der Waals surface area contributed by atoms with Crippen molar-refractivity contribution in [3.8, 4) is 11.4 Å². The first-order valence-corrected chi connectivity index (χ1v) is 9.31. The Labute approximate surface area is 147 Å². The summed E-state index contributed by atoms with van der Waals surface area (Å²) in [5, 5.41) is 11.5. The molecule has 2 heterocycles.